The zero-order chi connectivity index (χ0) is 11.0. The summed E-state index contributed by atoms with van der Waals surface area (Å²) in [5, 5.41) is 11.1. The number of aliphatic hydroxyl groups is 1. The molecule has 0 amide bonds. The van der Waals surface area contributed by atoms with Crippen LogP contribution in [-0.4, -0.2) is 16.3 Å². The number of hydrogen-bond acceptors (Lipinski definition) is 1. The second kappa shape index (κ2) is 3.87. The molecule has 15 heavy (non-hydrogen) atoms. The average Bonchev–Trinajstić information content (AvgIpc) is 2.55. The molecule has 0 aliphatic rings. The molecule has 0 aliphatic heterocycles. The Bertz CT molecular complexity index is 490. The van der Waals surface area contributed by atoms with Crippen LogP contribution in [0.2, 0.25) is 5.02 Å². The van der Waals surface area contributed by atoms with Gasteiger partial charge in [-0.25, -0.2) is 0 Å². The Kier molecular flexibility index (Phi) is 2.72. The molecule has 0 fully saturated rings. The molecule has 0 bridgehead atoms. The topological polar surface area (TPSA) is 25.2 Å². The molecule has 2 rings (SSSR count). The number of rotatable bonds is 2. The van der Waals surface area contributed by atoms with Crippen LogP contribution in [0.4, 0.5) is 0 Å². The molecule has 1 aromatic carbocycles. The number of nitrogens with zero attached hydrogens (tertiary/aromatic N) is 1. The number of fused-ring (bicyclic) bond motifs is 1. The first-order valence-electron chi connectivity index (χ1n) is 4.99. The first kappa shape index (κ1) is 10.5. The number of halogens is 1. The maximum Gasteiger partial charge on any atom is 0.0511 e. The molecule has 0 saturated heterocycles. The predicted molar refractivity (Wildman–Crippen MR) is 63.4 cm³/mol. The molecule has 0 saturated carbocycles. The Morgan fingerprint density at radius 2 is 2.13 bits per heavy atom. The van der Waals surface area contributed by atoms with Crippen LogP contribution in [0.25, 0.3) is 10.9 Å². The lowest BCUT2D eigenvalue weighted by molar-refractivity contribution is 0.269. The normalized spacial score (nSPS) is 13.3. The molecule has 0 radical (unpaired) electrons. The van der Waals surface area contributed by atoms with E-state index >= 15 is 0 Å². The van der Waals surface area contributed by atoms with Gasteiger partial charge in [0, 0.05) is 29.2 Å². The fraction of sp³-hybridized carbons (Fsp3) is 0.333. The van der Waals surface area contributed by atoms with Crippen LogP contribution >= 0.6 is 11.6 Å². The van der Waals surface area contributed by atoms with Crippen molar-refractivity contribution in [1.82, 2.24) is 4.57 Å². The van der Waals surface area contributed by atoms with Crippen LogP contribution in [0, 0.1) is 0 Å². The summed E-state index contributed by atoms with van der Waals surface area (Å²) in [5.41, 5.74) is 2.24. The van der Waals surface area contributed by atoms with Crippen LogP contribution < -0.4 is 0 Å². The first-order valence-corrected chi connectivity index (χ1v) is 5.37. The monoisotopic (exact) mass is 223 g/mol. The van der Waals surface area contributed by atoms with Gasteiger partial charge in [0.25, 0.3) is 0 Å². The Balaban J connectivity index is 2.64. The van der Waals surface area contributed by atoms with Crippen molar-refractivity contribution in [2.45, 2.75) is 12.8 Å². The molecule has 0 aliphatic carbocycles. The van der Waals surface area contributed by atoms with Gasteiger partial charge in [0.1, 0.15) is 0 Å². The molecule has 3 heteroatoms. The fourth-order valence-electron chi connectivity index (χ4n) is 1.89. The summed E-state index contributed by atoms with van der Waals surface area (Å²) in [6.45, 7) is 2.17. The van der Waals surface area contributed by atoms with Crippen molar-refractivity contribution in [3.8, 4) is 0 Å². The van der Waals surface area contributed by atoms with E-state index in [1.54, 1.807) is 0 Å². The molecule has 0 spiro atoms. The highest BCUT2D eigenvalue weighted by atomic mass is 35.5. The van der Waals surface area contributed by atoms with Crippen molar-refractivity contribution in [2.24, 2.45) is 7.05 Å². The highest BCUT2D eigenvalue weighted by Crippen LogP contribution is 2.26. The van der Waals surface area contributed by atoms with E-state index in [0.29, 0.717) is 0 Å². The van der Waals surface area contributed by atoms with Gasteiger partial charge in [0.2, 0.25) is 0 Å². The summed E-state index contributed by atoms with van der Waals surface area (Å²) in [6, 6.07) is 7.94. The quantitative estimate of drug-likeness (QED) is 0.832. The van der Waals surface area contributed by atoms with E-state index < -0.39 is 0 Å². The number of aryl methyl sites for hydroxylation is 1. The molecule has 1 aromatic heterocycles. The van der Waals surface area contributed by atoms with E-state index in [0.717, 1.165) is 21.6 Å². The van der Waals surface area contributed by atoms with E-state index in [1.165, 1.54) is 0 Å². The van der Waals surface area contributed by atoms with Crippen molar-refractivity contribution in [3.63, 3.8) is 0 Å². The zero-order valence-electron chi connectivity index (χ0n) is 8.87. The van der Waals surface area contributed by atoms with Crippen LogP contribution in [0.15, 0.2) is 24.3 Å². The maximum absolute atomic E-state index is 9.15. The number of aromatic nitrogens is 1. The van der Waals surface area contributed by atoms with Crippen molar-refractivity contribution in [2.75, 3.05) is 6.61 Å². The predicted octanol–water partition coefficient (Wildman–Crippen LogP) is 2.93. The Hall–Kier alpha value is -0.990. The van der Waals surface area contributed by atoms with E-state index in [2.05, 4.69) is 10.6 Å². The zero-order valence-corrected chi connectivity index (χ0v) is 9.62. The van der Waals surface area contributed by atoms with Gasteiger partial charge in [-0.3, -0.25) is 0 Å². The van der Waals surface area contributed by atoms with Crippen molar-refractivity contribution >= 4 is 22.5 Å². The van der Waals surface area contributed by atoms with E-state index in [9.17, 15) is 0 Å². The van der Waals surface area contributed by atoms with Gasteiger partial charge in [0.15, 0.2) is 0 Å². The van der Waals surface area contributed by atoms with Crippen LogP contribution in [0.5, 0.6) is 0 Å². The summed E-state index contributed by atoms with van der Waals surface area (Å²) >= 11 is 5.95. The maximum atomic E-state index is 9.15. The Morgan fingerprint density at radius 1 is 1.40 bits per heavy atom. The van der Waals surface area contributed by atoms with E-state index in [4.69, 9.17) is 16.7 Å². The summed E-state index contributed by atoms with van der Waals surface area (Å²) in [5.74, 6) is 0.154. The van der Waals surface area contributed by atoms with Gasteiger partial charge >= 0.3 is 0 Å². The van der Waals surface area contributed by atoms with Crippen LogP contribution in [0.3, 0.4) is 0 Å². The van der Waals surface area contributed by atoms with Gasteiger partial charge < -0.3 is 9.67 Å². The summed E-state index contributed by atoms with van der Waals surface area (Å²) in [4.78, 5) is 0. The van der Waals surface area contributed by atoms with Gasteiger partial charge in [-0.05, 0) is 23.6 Å². The largest absolute Gasteiger partial charge is 0.396 e. The SMILES string of the molecule is CC(CO)c1cc2ccc(Cl)cc2n1C. The minimum Gasteiger partial charge on any atom is -0.396 e. The van der Waals surface area contributed by atoms with E-state index in [-0.39, 0.29) is 12.5 Å². The fourth-order valence-corrected chi connectivity index (χ4v) is 2.06. The third-order valence-corrected chi connectivity index (χ3v) is 3.06. The molecule has 1 atom stereocenters. The lowest BCUT2D eigenvalue weighted by atomic mass is 10.1. The minimum absolute atomic E-state index is 0.154. The first-order chi connectivity index (χ1) is 7.13. The summed E-state index contributed by atoms with van der Waals surface area (Å²) in [7, 11) is 2.00. The lowest BCUT2D eigenvalue weighted by Crippen LogP contribution is -2.04. The molecule has 1 unspecified atom stereocenters. The van der Waals surface area contributed by atoms with Gasteiger partial charge in [0.05, 0.1) is 6.61 Å². The van der Waals surface area contributed by atoms with E-state index in [1.807, 2.05) is 32.2 Å². The van der Waals surface area contributed by atoms with Crippen molar-refractivity contribution in [1.29, 1.82) is 0 Å². The minimum atomic E-state index is 0.154. The number of hydrogen-bond donors (Lipinski definition) is 1. The lowest BCUT2D eigenvalue weighted by Gasteiger charge is -2.09. The van der Waals surface area contributed by atoms with Crippen molar-refractivity contribution < 1.29 is 5.11 Å². The molecule has 1 heterocycles. The molecular weight excluding hydrogens is 210 g/mol. The van der Waals surface area contributed by atoms with Crippen LogP contribution in [0.1, 0.15) is 18.5 Å². The summed E-state index contributed by atoms with van der Waals surface area (Å²) < 4.78 is 2.09. The number of benzene rings is 1. The summed E-state index contributed by atoms with van der Waals surface area (Å²) in [6.07, 6.45) is 0. The van der Waals surface area contributed by atoms with Crippen molar-refractivity contribution in [3.05, 3.63) is 35.0 Å². The average molecular weight is 224 g/mol. The molecule has 2 aromatic rings. The standard InChI is InChI=1S/C12H14ClNO/c1-8(7-15)11-5-9-3-4-10(13)6-12(9)14(11)2/h3-6,8,15H,7H2,1-2H3. The van der Waals surface area contributed by atoms with Crippen LogP contribution in [-0.2, 0) is 7.05 Å². The third-order valence-electron chi connectivity index (χ3n) is 2.82. The number of aliphatic hydroxyl groups excluding tert-OH is 1. The molecule has 80 valence electrons. The third kappa shape index (κ3) is 1.75. The molecule has 2 nitrogen and oxygen atoms in total. The highest BCUT2D eigenvalue weighted by molar-refractivity contribution is 6.31. The second-order valence-corrected chi connectivity index (χ2v) is 4.35. The second-order valence-electron chi connectivity index (χ2n) is 3.91. The Morgan fingerprint density at radius 3 is 2.80 bits per heavy atom. The van der Waals surface area contributed by atoms with Gasteiger partial charge in [-0.2, -0.15) is 0 Å². The van der Waals surface area contributed by atoms with Gasteiger partial charge in [-0.1, -0.05) is 24.6 Å². The Labute approximate surface area is 94.1 Å². The van der Waals surface area contributed by atoms with Gasteiger partial charge in [-0.15, -0.1) is 0 Å². The highest BCUT2D eigenvalue weighted by Gasteiger charge is 2.11. The smallest absolute Gasteiger partial charge is 0.0511 e. The molecular formula is C12H14ClNO. The molecule has 1 N–H and O–H groups in total.